The Kier molecular flexibility index (Phi) is 6.56. The van der Waals surface area contributed by atoms with Gasteiger partial charge in [0.2, 0.25) is 5.91 Å². The molecule has 9 heteroatoms. The Bertz CT molecular complexity index is 934. The van der Waals surface area contributed by atoms with Gasteiger partial charge in [0.1, 0.15) is 5.75 Å². The van der Waals surface area contributed by atoms with E-state index in [-0.39, 0.29) is 13.1 Å². The van der Waals surface area contributed by atoms with Crippen LogP contribution in [-0.4, -0.2) is 49.7 Å². The maximum absolute atomic E-state index is 12.9. The quantitative estimate of drug-likeness (QED) is 0.774. The van der Waals surface area contributed by atoms with Gasteiger partial charge in [-0.05, 0) is 36.2 Å². The smallest absolute Gasteiger partial charge is 0.282 e. The molecule has 0 saturated carbocycles. The van der Waals surface area contributed by atoms with Gasteiger partial charge in [-0.2, -0.15) is 17.0 Å². The standard InChI is InChI=1S/C19H22ClN3O4S/c1-27-18-6-3-2-5-17(18)21-19(24)14-23-12-4-11-22(28(23,25)26)13-15-7-9-16(20)10-8-15/h2-3,5-10H,4,11-14H2,1H3,(H,21,24). The van der Waals surface area contributed by atoms with Crippen molar-refractivity contribution in [2.24, 2.45) is 0 Å². The van der Waals surface area contributed by atoms with Crippen LogP contribution in [0.25, 0.3) is 0 Å². The molecule has 1 fully saturated rings. The predicted molar refractivity (Wildman–Crippen MR) is 109 cm³/mol. The number of hydrogen-bond donors (Lipinski definition) is 1. The summed E-state index contributed by atoms with van der Waals surface area (Å²) in [5, 5.41) is 3.31. The van der Waals surface area contributed by atoms with Gasteiger partial charge in [0, 0.05) is 24.7 Å². The highest BCUT2D eigenvalue weighted by atomic mass is 35.5. The molecule has 0 aliphatic carbocycles. The lowest BCUT2D eigenvalue weighted by Crippen LogP contribution is -2.51. The van der Waals surface area contributed by atoms with Crippen molar-refractivity contribution in [3.63, 3.8) is 0 Å². The van der Waals surface area contributed by atoms with E-state index in [0.717, 1.165) is 5.56 Å². The number of carbonyl (C=O) groups is 1. The second-order valence-corrected chi connectivity index (χ2v) is 8.77. The van der Waals surface area contributed by atoms with E-state index in [0.29, 0.717) is 36.0 Å². The fourth-order valence-corrected chi connectivity index (χ4v) is 4.79. The first-order chi connectivity index (χ1) is 13.4. The zero-order valence-electron chi connectivity index (χ0n) is 15.5. The molecule has 0 spiro atoms. The lowest BCUT2D eigenvalue weighted by molar-refractivity contribution is -0.116. The number of anilines is 1. The molecule has 1 N–H and O–H groups in total. The van der Waals surface area contributed by atoms with Crippen molar-refractivity contribution in [2.45, 2.75) is 13.0 Å². The number of amides is 1. The van der Waals surface area contributed by atoms with Crippen molar-refractivity contribution >= 4 is 33.4 Å². The van der Waals surface area contributed by atoms with Crippen LogP contribution in [0.4, 0.5) is 5.69 Å². The van der Waals surface area contributed by atoms with Gasteiger partial charge < -0.3 is 10.1 Å². The molecule has 7 nitrogen and oxygen atoms in total. The Labute approximate surface area is 170 Å². The van der Waals surface area contributed by atoms with Crippen LogP contribution in [0.1, 0.15) is 12.0 Å². The number of methoxy groups -OCH3 is 1. The van der Waals surface area contributed by atoms with E-state index < -0.39 is 16.1 Å². The fourth-order valence-electron chi connectivity index (χ4n) is 3.03. The Morgan fingerprint density at radius 3 is 2.50 bits per heavy atom. The molecule has 0 unspecified atom stereocenters. The normalized spacial score (nSPS) is 17.2. The lowest BCUT2D eigenvalue weighted by Gasteiger charge is -2.34. The number of ether oxygens (including phenoxy) is 1. The minimum absolute atomic E-state index is 0.240. The summed E-state index contributed by atoms with van der Waals surface area (Å²) in [6.45, 7) is 0.704. The predicted octanol–water partition coefficient (Wildman–Crippen LogP) is 2.74. The monoisotopic (exact) mass is 423 g/mol. The van der Waals surface area contributed by atoms with Gasteiger partial charge in [-0.25, -0.2) is 0 Å². The van der Waals surface area contributed by atoms with E-state index in [1.807, 2.05) is 0 Å². The van der Waals surface area contributed by atoms with Crippen molar-refractivity contribution in [3.05, 3.63) is 59.1 Å². The van der Waals surface area contributed by atoms with E-state index in [1.54, 1.807) is 48.5 Å². The highest BCUT2D eigenvalue weighted by Crippen LogP contribution is 2.24. The molecule has 0 bridgehead atoms. The first-order valence-electron chi connectivity index (χ1n) is 8.82. The summed E-state index contributed by atoms with van der Waals surface area (Å²) in [4.78, 5) is 12.4. The van der Waals surface area contributed by atoms with Crippen LogP contribution in [0, 0.1) is 0 Å². The van der Waals surface area contributed by atoms with Crippen molar-refractivity contribution in [1.82, 2.24) is 8.61 Å². The molecule has 0 radical (unpaired) electrons. The number of halogens is 1. The fraction of sp³-hybridized carbons (Fsp3) is 0.316. The first-order valence-corrected chi connectivity index (χ1v) is 10.6. The average Bonchev–Trinajstić information content (AvgIpc) is 2.67. The first kappa shape index (κ1) is 20.6. The molecule has 1 saturated heterocycles. The summed E-state index contributed by atoms with van der Waals surface area (Å²) < 4.78 is 33.6. The summed E-state index contributed by atoms with van der Waals surface area (Å²) in [5.74, 6) is 0.100. The van der Waals surface area contributed by atoms with Crippen LogP contribution in [0.3, 0.4) is 0 Å². The highest BCUT2D eigenvalue weighted by molar-refractivity contribution is 7.86. The van der Waals surface area contributed by atoms with Gasteiger partial charge in [-0.1, -0.05) is 35.9 Å². The maximum Gasteiger partial charge on any atom is 0.282 e. The van der Waals surface area contributed by atoms with E-state index >= 15 is 0 Å². The number of benzene rings is 2. The molecule has 2 aromatic rings. The van der Waals surface area contributed by atoms with E-state index in [2.05, 4.69) is 5.32 Å². The van der Waals surface area contributed by atoms with Crippen LogP contribution in [-0.2, 0) is 21.5 Å². The molecule has 1 aliphatic rings. The van der Waals surface area contributed by atoms with Crippen molar-refractivity contribution < 1.29 is 17.9 Å². The Balaban J connectivity index is 1.67. The number of nitrogens with zero attached hydrogens (tertiary/aromatic N) is 2. The molecule has 1 aliphatic heterocycles. The lowest BCUT2D eigenvalue weighted by atomic mass is 10.2. The second kappa shape index (κ2) is 8.91. The molecule has 2 aromatic carbocycles. The van der Waals surface area contributed by atoms with Crippen molar-refractivity contribution in [1.29, 1.82) is 0 Å². The SMILES string of the molecule is COc1ccccc1NC(=O)CN1CCCN(Cc2ccc(Cl)cc2)S1(=O)=O. The third-order valence-corrected chi connectivity index (χ3v) is 6.62. The van der Waals surface area contributed by atoms with Gasteiger partial charge in [0.05, 0.1) is 19.3 Å². The van der Waals surface area contributed by atoms with Crippen LogP contribution in [0.15, 0.2) is 48.5 Å². The van der Waals surface area contributed by atoms with Gasteiger partial charge in [0.15, 0.2) is 0 Å². The maximum atomic E-state index is 12.9. The molecular weight excluding hydrogens is 402 g/mol. The molecular formula is C19H22ClN3O4S. The molecule has 3 rings (SSSR count). The van der Waals surface area contributed by atoms with Gasteiger partial charge >= 0.3 is 0 Å². The molecule has 0 atom stereocenters. The molecule has 28 heavy (non-hydrogen) atoms. The number of para-hydroxylation sites is 2. The third-order valence-electron chi connectivity index (χ3n) is 4.44. The Hall–Kier alpha value is -2.13. The summed E-state index contributed by atoms with van der Waals surface area (Å²) in [7, 11) is -2.23. The van der Waals surface area contributed by atoms with E-state index in [4.69, 9.17) is 16.3 Å². The molecule has 150 valence electrons. The Morgan fingerprint density at radius 1 is 1.11 bits per heavy atom. The van der Waals surface area contributed by atoms with Gasteiger partial charge in [-0.3, -0.25) is 4.79 Å². The number of nitrogens with one attached hydrogen (secondary N) is 1. The van der Waals surface area contributed by atoms with Crippen molar-refractivity contribution in [3.8, 4) is 5.75 Å². The zero-order chi connectivity index (χ0) is 20.1. The number of rotatable bonds is 6. The summed E-state index contributed by atoms with van der Waals surface area (Å²) in [6.07, 6.45) is 0.648. The number of carbonyl (C=O) groups excluding carboxylic acids is 1. The van der Waals surface area contributed by atoms with Crippen LogP contribution < -0.4 is 10.1 Å². The van der Waals surface area contributed by atoms with E-state index in [9.17, 15) is 13.2 Å². The van der Waals surface area contributed by atoms with Gasteiger partial charge in [-0.15, -0.1) is 0 Å². The van der Waals surface area contributed by atoms with E-state index in [1.165, 1.54) is 15.7 Å². The minimum atomic E-state index is -3.73. The highest BCUT2D eigenvalue weighted by Gasteiger charge is 2.34. The zero-order valence-corrected chi connectivity index (χ0v) is 17.0. The minimum Gasteiger partial charge on any atom is -0.495 e. The number of hydrogen-bond acceptors (Lipinski definition) is 4. The average molecular weight is 424 g/mol. The largest absolute Gasteiger partial charge is 0.495 e. The van der Waals surface area contributed by atoms with Crippen LogP contribution in [0.5, 0.6) is 5.75 Å². The van der Waals surface area contributed by atoms with Crippen LogP contribution in [0.2, 0.25) is 5.02 Å². The summed E-state index contributed by atoms with van der Waals surface area (Å²) in [6, 6.07) is 14.0. The topological polar surface area (TPSA) is 79.0 Å². The van der Waals surface area contributed by atoms with Crippen molar-refractivity contribution in [2.75, 3.05) is 32.1 Å². The third kappa shape index (κ3) is 4.82. The van der Waals surface area contributed by atoms with Crippen LogP contribution >= 0.6 is 11.6 Å². The Morgan fingerprint density at radius 2 is 1.79 bits per heavy atom. The second-order valence-electron chi connectivity index (χ2n) is 6.40. The summed E-state index contributed by atoms with van der Waals surface area (Å²) >= 11 is 5.89. The van der Waals surface area contributed by atoms with Gasteiger partial charge in [0.25, 0.3) is 10.2 Å². The molecule has 1 amide bonds. The summed E-state index contributed by atoms with van der Waals surface area (Å²) in [5.41, 5.74) is 1.34. The molecule has 0 aromatic heterocycles. The molecule has 1 heterocycles.